The summed E-state index contributed by atoms with van der Waals surface area (Å²) in [5, 5.41) is 6.46. The number of carbonyl (C=O) groups excluding carboxylic acids is 4. The summed E-state index contributed by atoms with van der Waals surface area (Å²) < 4.78 is 19.8. The lowest BCUT2D eigenvalue weighted by Crippen LogP contribution is -2.32. The molecule has 1 aliphatic rings. The van der Waals surface area contributed by atoms with Gasteiger partial charge in [-0.2, -0.15) is 0 Å². The van der Waals surface area contributed by atoms with Gasteiger partial charge in [-0.15, -0.1) is 11.3 Å². The molecule has 10 nitrogen and oxygen atoms in total. The molecule has 152 valence electrons. The lowest BCUT2D eigenvalue weighted by Gasteiger charge is -2.08. The largest absolute Gasteiger partial charge is 0.465 e. The van der Waals surface area contributed by atoms with E-state index in [2.05, 4.69) is 15.4 Å². The molecule has 0 fully saturated rings. The van der Waals surface area contributed by atoms with E-state index < -0.39 is 36.9 Å². The van der Waals surface area contributed by atoms with Crippen LogP contribution in [0, 0.1) is 0 Å². The summed E-state index contributed by atoms with van der Waals surface area (Å²) in [5.74, 6) is -1.55. The Balaban J connectivity index is 1.43. The Hall–Kier alpha value is -3.60. The van der Waals surface area contributed by atoms with Crippen molar-refractivity contribution in [1.82, 2.24) is 5.32 Å². The quantitative estimate of drug-likeness (QED) is 0.639. The highest BCUT2D eigenvalue weighted by Gasteiger charge is 2.18. The summed E-state index contributed by atoms with van der Waals surface area (Å²) in [6, 6.07) is 6.15. The number of benzene rings is 1. The second kappa shape index (κ2) is 9.06. The maximum absolute atomic E-state index is 12.1. The predicted molar refractivity (Wildman–Crippen MR) is 100 cm³/mol. The average Bonchev–Trinajstić information content (AvgIpc) is 3.38. The number of thiophene rings is 1. The van der Waals surface area contributed by atoms with Gasteiger partial charge >= 0.3 is 11.9 Å². The number of hydrogen-bond acceptors (Lipinski definition) is 9. The molecule has 29 heavy (non-hydrogen) atoms. The number of amides is 2. The Bertz CT molecular complexity index is 955. The Morgan fingerprint density at radius 2 is 1.93 bits per heavy atom. The van der Waals surface area contributed by atoms with Crippen LogP contribution in [-0.4, -0.2) is 50.8 Å². The minimum absolute atomic E-state index is 0.0846. The Morgan fingerprint density at radius 3 is 2.72 bits per heavy atom. The first kappa shape index (κ1) is 20.1. The SMILES string of the molecule is COC(=O)c1sccc1NC(=O)COC(=O)CNC(=O)c1ccc2c(c1)OCO2. The lowest BCUT2D eigenvalue weighted by molar-refractivity contribution is -0.146. The van der Waals surface area contributed by atoms with Crippen LogP contribution in [0.1, 0.15) is 20.0 Å². The fourth-order valence-corrected chi connectivity index (χ4v) is 3.10. The molecule has 2 heterocycles. The Morgan fingerprint density at radius 1 is 1.14 bits per heavy atom. The first-order chi connectivity index (χ1) is 14.0. The molecule has 11 heteroatoms. The molecule has 2 N–H and O–H groups in total. The minimum atomic E-state index is -0.798. The van der Waals surface area contributed by atoms with Crippen molar-refractivity contribution in [3.05, 3.63) is 40.1 Å². The molecular weight excluding hydrogens is 404 g/mol. The summed E-state index contributed by atoms with van der Waals surface area (Å²) in [6.45, 7) is -0.914. The van der Waals surface area contributed by atoms with Gasteiger partial charge in [0, 0.05) is 5.56 Å². The standard InChI is InChI=1S/C18H16N2O8S/c1-25-18(24)16-11(4-5-29-16)20-14(21)8-26-15(22)7-19-17(23)10-2-3-12-13(6-10)28-9-27-12/h2-6H,7-9H2,1H3,(H,19,23)(H,20,21). The highest BCUT2D eigenvalue weighted by atomic mass is 32.1. The molecule has 2 aromatic rings. The van der Waals surface area contributed by atoms with E-state index in [0.717, 1.165) is 11.3 Å². The van der Waals surface area contributed by atoms with Gasteiger partial charge in [0.1, 0.15) is 11.4 Å². The van der Waals surface area contributed by atoms with Gasteiger partial charge in [-0.1, -0.05) is 0 Å². The van der Waals surface area contributed by atoms with Gasteiger partial charge in [0.25, 0.3) is 11.8 Å². The first-order valence-electron chi connectivity index (χ1n) is 8.27. The molecule has 0 unspecified atom stereocenters. The minimum Gasteiger partial charge on any atom is -0.465 e. The summed E-state index contributed by atoms with van der Waals surface area (Å²) in [6.07, 6.45) is 0. The third-order valence-electron chi connectivity index (χ3n) is 3.70. The molecule has 0 atom stereocenters. The number of nitrogens with one attached hydrogen (secondary N) is 2. The van der Waals surface area contributed by atoms with Gasteiger partial charge in [0.05, 0.1) is 12.8 Å². The Labute approximate surface area is 168 Å². The van der Waals surface area contributed by atoms with Crippen molar-refractivity contribution in [2.75, 3.05) is 32.4 Å². The van der Waals surface area contributed by atoms with Crippen molar-refractivity contribution in [1.29, 1.82) is 0 Å². The van der Waals surface area contributed by atoms with Crippen molar-refractivity contribution < 1.29 is 38.1 Å². The summed E-state index contributed by atoms with van der Waals surface area (Å²) in [7, 11) is 1.23. The van der Waals surface area contributed by atoms with Crippen molar-refractivity contribution in [2.24, 2.45) is 0 Å². The molecule has 0 bridgehead atoms. The predicted octanol–water partition coefficient (Wildman–Crippen LogP) is 1.18. The second-order valence-electron chi connectivity index (χ2n) is 5.61. The third kappa shape index (κ3) is 5.02. The van der Waals surface area contributed by atoms with Crippen LogP contribution in [0.4, 0.5) is 5.69 Å². The van der Waals surface area contributed by atoms with Gasteiger partial charge < -0.3 is 29.6 Å². The molecule has 1 aliphatic heterocycles. The molecule has 1 aromatic carbocycles. The number of ether oxygens (including phenoxy) is 4. The zero-order chi connectivity index (χ0) is 20.8. The van der Waals surface area contributed by atoms with E-state index in [1.807, 2.05) is 0 Å². The maximum atomic E-state index is 12.1. The molecular formula is C18H16N2O8S. The molecule has 2 amide bonds. The monoisotopic (exact) mass is 420 g/mol. The summed E-state index contributed by atoms with van der Waals surface area (Å²) in [4.78, 5) is 47.5. The van der Waals surface area contributed by atoms with Crippen LogP contribution < -0.4 is 20.1 Å². The van der Waals surface area contributed by atoms with Crippen LogP contribution in [0.25, 0.3) is 0 Å². The van der Waals surface area contributed by atoms with Crippen molar-refractivity contribution in [3.8, 4) is 11.5 Å². The number of anilines is 1. The normalized spacial score (nSPS) is 11.5. The van der Waals surface area contributed by atoms with Crippen LogP contribution >= 0.6 is 11.3 Å². The van der Waals surface area contributed by atoms with E-state index in [1.165, 1.54) is 25.3 Å². The number of rotatable bonds is 7. The molecule has 0 radical (unpaired) electrons. The number of esters is 2. The van der Waals surface area contributed by atoms with E-state index in [1.54, 1.807) is 11.4 Å². The smallest absolute Gasteiger partial charge is 0.350 e. The number of methoxy groups -OCH3 is 1. The molecule has 0 saturated carbocycles. The third-order valence-corrected chi connectivity index (χ3v) is 4.60. The van der Waals surface area contributed by atoms with E-state index >= 15 is 0 Å². The topological polar surface area (TPSA) is 129 Å². The molecule has 1 aromatic heterocycles. The molecule has 0 saturated heterocycles. The Kier molecular flexibility index (Phi) is 6.29. The number of hydrogen-bond donors (Lipinski definition) is 2. The van der Waals surface area contributed by atoms with Crippen molar-refractivity contribution in [3.63, 3.8) is 0 Å². The maximum Gasteiger partial charge on any atom is 0.350 e. The van der Waals surface area contributed by atoms with E-state index in [0.29, 0.717) is 11.5 Å². The fourth-order valence-electron chi connectivity index (χ4n) is 2.33. The van der Waals surface area contributed by atoms with Crippen LogP contribution in [0.3, 0.4) is 0 Å². The fraction of sp³-hybridized carbons (Fsp3) is 0.222. The van der Waals surface area contributed by atoms with Gasteiger partial charge in [-0.3, -0.25) is 14.4 Å². The lowest BCUT2D eigenvalue weighted by atomic mass is 10.2. The van der Waals surface area contributed by atoms with Gasteiger partial charge in [-0.05, 0) is 29.6 Å². The average molecular weight is 420 g/mol. The number of fused-ring (bicyclic) bond motifs is 1. The van der Waals surface area contributed by atoms with Crippen LogP contribution in [0.2, 0.25) is 0 Å². The van der Waals surface area contributed by atoms with E-state index in [9.17, 15) is 19.2 Å². The van der Waals surface area contributed by atoms with Gasteiger partial charge in [-0.25, -0.2) is 4.79 Å². The highest BCUT2D eigenvalue weighted by Crippen LogP contribution is 2.32. The molecule has 0 aliphatic carbocycles. The van der Waals surface area contributed by atoms with Crippen LogP contribution in [0.5, 0.6) is 11.5 Å². The van der Waals surface area contributed by atoms with E-state index in [4.69, 9.17) is 14.2 Å². The second-order valence-corrected chi connectivity index (χ2v) is 6.53. The van der Waals surface area contributed by atoms with E-state index in [-0.39, 0.29) is 22.9 Å². The number of carbonyl (C=O) groups is 4. The highest BCUT2D eigenvalue weighted by molar-refractivity contribution is 7.12. The van der Waals surface area contributed by atoms with Crippen LogP contribution in [0.15, 0.2) is 29.6 Å². The zero-order valence-corrected chi connectivity index (χ0v) is 16.0. The van der Waals surface area contributed by atoms with Gasteiger partial charge in [0.15, 0.2) is 18.1 Å². The summed E-state index contributed by atoms with van der Waals surface area (Å²) in [5.41, 5.74) is 0.548. The van der Waals surface area contributed by atoms with Gasteiger partial charge in [0.2, 0.25) is 6.79 Å². The van der Waals surface area contributed by atoms with Crippen molar-refractivity contribution >= 4 is 40.8 Å². The zero-order valence-electron chi connectivity index (χ0n) is 15.2. The van der Waals surface area contributed by atoms with Crippen molar-refractivity contribution in [2.45, 2.75) is 0 Å². The molecule has 0 spiro atoms. The first-order valence-corrected chi connectivity index (χ1v) is 9.15. The molecule has 3 rings (SSSR count). The summed E-state index contributed by atoms with van der Waals surface area (Å²) >= 11 is 1.10. The van der Waals surface area contributed by atoms with Crippen LogP contribution in [-0.2, 0) is 19.1 Å².